The second-order valence-corrected chi connectivity index (χ2v) is 2.88. The van der Waals surface area contributed by atoms with Gasteiger partial charge in [0.1, 0.15) is 17.5 Å². The van der Waals surface area contributed by atoms with E-state index in [9.17, 15) is 4.79 Å². The Hall–Kier alpha value is -1.32. The van der Waals surface area contributed by atoms with Gasteiger partial charge in [-0.1, -0.05) is 5.16 Å². The Bertz CT molecular complexity index is 301. The second kappa shape index (κ2) is 2.62. The molecule has 0 saturated heterocycles. The van der Waals surface area contributed by atoms with Crippen LogP contribution in [0.1, 0.15) is 34.8 Å². The molecule has 0 radical (unpaired) electrons. The van der Waals surface area contributed by atoms with Crippen molar-refractivity contribution in [2.45, 2.75) is 18.8 Å². The molecule has 1 heterocycles. The van der Waals surface area contributed by atoms with Crippen LogP contribution in [0.2, 0.25) is 0 Å². The summed E-state index contributed by atoms with van der Waals surface area (Å²) in [6.45, 7) is 0. The molecule has 1 aromatic rings. The molecule has 0 atom stereocenters. The maximum atomic E-state index is 11.1. The minimum absolute atomic E-state index is 0.363. The average molecular weight is 167 g/mol. The molecule has 64 valence electrons. The Kier molecular flexibility index (Phi) is 1.60. The van der Waals surface area contributed by atoms with E-state index >= 15 is 0 Å². The maximum absolute atomic E-state index is 11.1. The van der Waals surface area contributed by atoms with Gasteiger partial charge in [0.25, 0.3) is 0 Å². The maximum Gasteiger partial charge on any atom is 0.343 e. The van der Waals surface area contributed by atoms with Crippen LogP contribution in [-0.4, -0.2) is 18.2 Å². The van der Waals surface area contributed by atoms with E-state index in [1.54, 1.807) is 0 Å². The van der Waals surface area contributed by atoms with E-state index in [0.717, 1.165) is 18.5 Å². The Balaban J connectivity index is 2.29. The summed E-state index contributed by atoms with van der Waals surface area (Å²) in [5, 5.41) is 3.77. The van der Waals surface area contributed by atoms with Crippen LogP contribution in [0, 0.1) is 0 Å². The van der Waals surface area contributed by atoms with Crippen LogP contribution in [0.5, 0.6) is 0 Å². The van der Waals surface area contributed by atoms with E-state index in [0.29, 0.717) is 11.5 Å². The monoisotopic (exact) mass is 167 g/mol. The van der Waals surface area contributed by atoms with Crippen LogP contribution in [-0.2, 0) is 4.74 Å². The molecule has 1 aliphatic rings. The first-order valence-corrected chi connectivity index (χ1v) is 3.85. The van der Waals surface area contributed by atoms with Gasteiger partial charge in [0, 0.05) is 5.92 Å². The first kappa shape index (κ1) is 7.34. The van der Waals surface area contributed by atoms with Gasteiger partial charge in [0.2, 0.25) is 0 Å². The number of methoxy groups -OCH3 is 1. The summed E-state index contributed by atoms with van der Waals surface area (Å²) in [7, 11) is 1.35. The number of hydrogen-bond acceptors (Lipinski definition) is 4. The summed E-state index contributed by atoms with van der Waals surface area (Å²) >= 11 is 0. The van der Waals surface area contributed by atoms with Crippen LogP contribution in [0.3, 0.4) is 0 Å². The summed E-state index contributed by atoms with van der Waals surface area (Å²) in [5.41, 5.74) is 1.22. The molecule has 2 rings (SSSR count). The molecule has 1 aromatic heterocycles. The fraction of sp³-hybridized carbons (Fsp3) is 0.500. The highest BCUT2D eigenvalue weighted by Gasteiger charge is 2.31. The fourth-order valence-corrected chi connectivity index (χ4v) is 1.16. The van der Waals surface area contributed by atoms with Crippen molar-refractivity contribution < 1.29 is 14.1 Å². The van der Waals surface area contributed by atoms with Crippen molar-refractivity contribution in [1.82, 2.24) is 5.16 Å². The SMILES string of the molecule is COC(=O)c1conc1C1CC1. The quantitative estimate of drug-likeness (QED) is 0.623. The number of carbonyl (C=O) groups excluding carboxylic acids is 1. The van der Waals surface area contributed by atoms with Crippen LogP contribution >= 0.6 is 0 Å². The van der Waals surface area contributed by atoms with Crippen molar-refractivity contribution in [3.05, 3.63) is 17.5 Å². The van der Waals surface area contributed by atoms with Crippen molar-refractivity contribution >= 4 is 5.97 Å². The summed E-state index contributed by atoms with van der Waals surface area (Å²) < 4.78 is 9.29. The Labute approximate surface area is 69.5 Å². The van der Waals surface area contributed by atoms with Crippen molar-refractivity contribution in [1.29, 1.82) is 0 Å². The smallest absolute Gasteiger partial charge is 0.343 e. The van der Waals surface area contributed by atoms with Crippen molar-refractivity contribution in [3.63, 3.8) is 0 Å². The van der Waals surface area contributed by atoms with E-state index in [4.69, 9.17) is 4.52 Å². The molecule has 4 heteroatoms. The molecule has 0 amide bonds. The molecule has 1 aliphatic carbocycles. The third-order valence-electron chi connectivity index (χ3n) is 1.97. The lowest BCUT2D eigenvalue weighted by molar-refractivity contribution is 0.0599. The van der Waals surface area contributed by atoms with Crippen LogP contribution in [0.25, 0.3) is 0 Å². The zero-order valence-corrected chi connectivity index (χ0v) is 6.74. The molecule has 0 spiro atoms. The Morgan fingerprint density at radius 3 is 3.08 bits per heavy atom. The lowest BCUT2D eigenvalue weighted by Crippen LogP contribution is -2.02. The van der Waals surface area contributed by atoms with Crippen molar-refractivity contribution in [2.75, 3.05) is 7.11 Å². The standard InChI is InChI=1S/C8H9NO3/c1-11-8(10)6-4-12-9-7(6)5-2-3-5/h4-5H,2-3H2,1H3. The highest BCUT2D eigenvalue weighted by molar-refractivity contribution is 5.90. The van der Waals surface area contributed by atoms with E-state index in [1.807, 2.05) is 0 Å². The van der Waals surface area contributed by atoms with E-state index in [2.05, 4.69) is 9.89 Å². The van der Waals surface area contributed by atoms with Crippen LogP contribution < -0.4 is 0 Å². The van der Waals surface area contributed by atoms with Crippen LogP contribution in [0.15, 0.2) is 10.8 Å². The lowest BCUT2D eigenvalue weighted by atomic mass is 10.2. The zero-order valence-electron chi connectivity index (χ0n) is 6.74. The number of carbonyl (C=O) groups is 1. The predicted molar refractivity (Wildman–Crippen MR) is 39.8 cm³/mol. The highest BCUT2D eigenvalue weighted by atomic mass is 16.5. The normalized spacial score (nSPS) is 16.1. The molecule has 0 aliphatic heterocycles. The van der Waals surface area contributed by atoms with Crippen molar-refractivity contribution in [2.24, 2.45) is 0 Å². The van der Waals surface area contributed by atoms with Gasteiger partial charge in [-0.15, -0.1) is 0 Å². The Morgan fingerprint density at radius 1 is 1.75 bits per heavy atom. The first-order valence-electron chi connectivity index (χ1n) is 3.85. The van der Waals surface area contributed by atoms with Gasteiger partial charge in [-0.05, 0) is 12.8 Å². The average Bonchev–Trinajstić information content (AvgIpc) is 2.83. The molecule has 12 heavy (non-hydrogen) atoms. The highest BCUT2D eigenvalue weighted by Crippen LogP contribution is 2.40. The molecule has 4 nitrogen and oxygen atoms in total. The third-order valence-corrected chi connectivity index (χ3v) is 1.97. The van der Waals surface area contributed by atoms with Gasteiger partial charge < -0.3 is 9.26 Å². The topological polar surface area (TPSA) is 52.3 Å². The number of aromatic nitrogens is 1. The van der Waals surface area contributed by atoms with Gasteiger partial charge in [0.15, 0.2) is 0 Å². The Morgan fingerprint density at radius 2 is 2.50 bits per heavy atom. The minimum Gasteiger partial charge on any atom is -0.465 e. The summed E-state index contributed by atoms with van der Waals surface area (Å²) in [5.74, 6) is 0.0519. The second-order valence-electron chi connectivity index (χ2n) is 2.88. The fourth-order valence-electron chi connectivity index (χ4n) is 1.16. The van der Waals surface area contributed by atoms with Crippen molar-refractivity contribution in [3.8, 4) is 0 Å². The molecule has 0 N–H and O–H groups in total. The summed E-state index contributed by atoms with van der Waals surface area (Å²) in [6, 6.07) is 0. The number of esters is 1. The summed E-state index contributed by atoms with van der Waals surface area (Å²) in [6.07, 6.45) is 3.53. The summed E-state index contributed by atoms with van der Waals surface area (Å²) in [4.78, 5) is 11.1. The van der Waals surface area contributed by atoms with E-state index in [1.165, 1.54) is 13.4 Å². The first-order chi connectivity index (χ1) is 5.83. The van der Waals surface area contributed by atoms with E-state index < -0.39 is 0 Å². The molecule has 1 saturated carbocycles. The molecule has 1 fully saturated rings. The van der Waals surface area contributed by atoms with Crippen LogP contribution in [0.4, 0.5) is 0 Å². The number of ether oxygens (including phenoxy) is 1. The van der Waals surface area contributed by atoms with E-state index in [-0.39, 0.29) is 5.97 Å². The number of hydrogen-bond donors (Lipinski definition) is 0. The molecule has 0 bridgehead atoms. The van der Waals surface area contributed by atoms with Gasteiger partial charge in [0.05, 0.1) is 7.11 Å². The molecule has 0 aromatic carbocycles. The third kappa shape index (κ3) is 1.09. The minimum atomic E-state index is -0.363. The largest absolute Gasteiger partial charge is 0.465 e. The van der Waals surface area contributed by atoms with Gasteiger partial charge in [-0.25, -0.2) is 4.79 Å². The molecular weight excluding hydrogens is 158 g/mol. The van der Waals surface area contributed by atoms with Gasteiger partial charge in [-0.3, -0.25) is 0 Å². The number of rotatable bonds is 2. The van der Waals surface area contributed by atoms with Gasteiger partial charge in [-0.2, -0.15) is 0 Å². The molecular formula is C8H9NO3. The lowest BCUT2D eigenvalue weighted by Gasteiger charge is -1.95. The zero-order chi connectivity index (χ0) is 8.55. The van der Waals surface area contributed by atoms with Gasteiger partial charge >= 0.3 is 5.97 Å². The predicted octanol–water partition coefficient (Wildman–Crippen LogP) is 1.34. The number of nitrogens with zero attached hydrogens (tertiary/aromatic N) is 1. The molecule has 0 unspecified atom stereocenters.